The van der Waals surface area contributed by atoms with Crippen LogP contribution < -0.4 is 20.7 Å². The van der Waals surface area contributed by atoms with Crippen LogP contribution in [0.4, 0.5) is 22.9 Å². The molecule has 0 saturated carbocycles. The van der Waals surface area contributed by atoms with E-state index < -0.39 is 9.84 Å². The number of fused-ring (bicyclic) bond motifs is 1. The molecule has 1 saturated heterocycles. The van der Waals surface area contributed by atoms with E-state index in [2.05, 4.69) is 10.3 Å². The van der Waals surface area contributed by atoms with Crippen LogP contribution >= 0.6 is 0 Å². The average Bonchev–Trinajstić information content (AvgIpc) is 3.04. The number of nitrogens with zero attached hydrogens (tertiary/aromatic N) is 5. The number of aryl methyl sites for hydroxylation is 2. The molecular weight excluding hydrogens is 620 g/mol. The number of phenolic OH excluding ortho intramolecular Hbond substituents is 1. The SMILES string of the molecule is Cc1ccc(N2CCc3cc(N(C)C)ccc3C2=O)c(O)c1-c1cc(Nc2ccc(C(=O)N3CCS(=O)(=O)CC3)cn2)c(=O)n(C)c1. The highest BCUT2D eigenvalue weighted by molar-refractivity contribution is 7.91. The standard InChI is InChI=1S/C34H36N6O6S/c1-21-5-9-28(40-12-11-22-17-25(37(2)3)7-8-26(22)33(40)43)31(41)30(21)24-18-27(34(44)38(4)20-24)36-29-10-6-23(19-35-29)32(42)39-13-15-47(45,46)16-14-39/h5-10,17-20,41H,11-16H2,1-4H3,(H,35,36). The summed E-state index contributed by atoms with van der Waals surface area (Å²) >= 11 is 0. The number of sulfone groups is 1. The molecule has 0 aliphatic carbocycles. The van der Waals surface area contributed by atoms with E-state index in [9.17, 15) is 27.9 Å². The summed E-state index contributed by atoms with van der Waals surface area (Å²) in [4.78, 5) is 49.0. The van der Waals surface area contributed by atoms with Crippen molar-refractivity contribution in [1.82, 2.24) is 14.5 Å². The molecular formula is C34H36N6O6S. The number of pyridine rings is 2. The van der Waals surface area contributed by atoms with Gasteiger partial charge in [-0.1, -0.05) is 6.07 Å². The van der Waals surface area contributed by atoms with Gasteiger partial charge in [-0.25, -0.2) is 13.4 Å². The Hall–Kier alpha value is -5.17. The van der Waals surface area contributed by atoms with Crippen molar-refractivity contribution in [3.05, 3.63) is 93.5 Å². The third-order valence-corrected chi connectivity index (χ3v) is 10.3. The highest BCUT2D eigenvalue weighted by Crippen LogP contribution is 2.42. The molecule has 0 spiro atoms. The number of amides is 2. The Kier molecular flexibility index (Phi) is 8.26. The van der Waals surface area contributed by atoms with Gasteiger partial charge in [0.05, 0.1) is 22.8 Å². The first kappa shape index (κ1) is 31.8. The normalized spacial score (nSPS) is 15.7. The van der Waals surface area contributed by atoms with Gasteiger partial charge in [-0.2, -0.15) is 0 Å². The predicted molar refractivity (Wildman–Crippen MR) is 182 cm³/mol. The molecule has 2 aromatic carbocycles. The van der Waals surface area contributed by atoms with Crippen LogP contribution in [-0.2, 0) is 23.3 Å². The Balaban J connectivity index is 1.27. The molecule has 0 radical (unpaired) electrons. The Morgan fingerprint density at radius 3 is 2.43 bits per heavy atom. The molecule has 0 atom stereocenters. The Morgan fingerprint density at radius 1 is 1.00 bits per heavy atom. The summed E-state index contributed by atoms with van der Waals surface area (Å²) in [6.45, 7) is 2.52. The molecule has 0 bridgehead atoms. The molecule has 2 amide bonds. The van der Waals surface area contributed by atoms with Crippen LogP contribution in [0.1, 0.15) is 31.8 Å². The largest absolute Gasteiger partial charge is 0.505 e. The van der Waals surface area contributed by atoms with E-state index in [1.165, 1.54) is 15.7 Å². The molecule has 13 heteroatoms. The molecule has 6 rings (SSSR count). The number of aromatic nitrogens is 2. The Morgan fingerprint density at radius 2 is 1.74 bits per heavy atom. The maximum absolute atomic E-state index is 13.6. The van der Waals surface area contributed by atoms with Gasteiger partial charge in [0.15, 0.2) is 9.84 Å². The first-order valence-corrected chi connectivity index (χ1v) is 17.0. The topological polar surface area (TPSA) is 145 Å². The molecule has 4 aromatic rings. The van der Waals surface area contributed by atoms with Gasteiger partial charge in [-0.3, -0.25) is 14.4 Å². The lowest BCUT2D eigenvalue weighted by Gasteiger charge is -2.30. The fourth-order valence-corrected chi connectivity index (χ4v) is 7.22. The number of nitrogens with one attached hydrogen (secondary N) is 1. The number of hydrogen-bond acceptors (Lipinski definition) is 9. The van der Waals surface area contributed by atoms with E-state index in [4.69, 9.17) is 0 Å². The molecule has 2 aliphatic heterocycles. The number of rotatable bonds is 6. The summed E-state index contributed by atoms with van der Waals surface area (Å²) < 4.78 is 24.9. The highest BCUT2D eigenvalue weighted by atomic mass is 32.2. The number of phenols is 1. The van der Waals surface area contributed by atoms with Crippen LogP contribution in [-0.4, -0.2) is 85.0 Å². The summed E-state index contributed by atoms with van der Waals surface area (Å²) in [5, 5.41) is 14.7. The minimum absolute atomic E-state index is 0.0660. The van der Waals surface area contributed by atoms with Crippen LogP contribution in [0.2, 0.25) is 0 Å². The van der Waals surface area contributed by atoms with Crippen LogP contribution in [0.3, 0.4) is 0 Å². The van der Waals surface area contributed by atoms with Crippen molar-refractivity contribution in [3.63, 3.8) is 0 Å². The van der Waals surface area contributed by atoms with Crippen molar-refractivity contribution in [3.8, 4) is 16.9 Å². The fraction of sp³-hybridized carbons (Fsp3) is 0.294. The zero-order chi connectivity index (χ0) is 33.6. The molecule has 2 aliphatic rings. The van der Waals surface area contributed by atoms with E-state index in [1.807, 2.05) is 50.2 Å². The van der Waals surface area contributed by atoms with E-state index >= 15 is 0 Å². The molecule has 0 unspecified atom stereocenters. The number of carbonyl (C=O) groups excluding carboxylic acids is 2. The fourth-order valence-electron chi connectivity index (χ4n) is 6.01. The van der Waals surface area contributed by atoms with Crippen LogP contribution in [0, 0.1) is 6.92 Å². The van der Waals surface area contributed by atoms with Gasteiger partial charge in [0.25, 0.3) is 17.4 Å². The molecule has 244 valence electrons. The summed E-state index contributed by atoms with van der Waals surface area (Å²) in [5.74, 6) is -0.378. The number of anilines is 4. The molecule has 12 nitrogen and oxygen atoms in total. The summed E-state index contributed by atoms with van der Waals surface area (Å²) in [6.07, 6.45) is 3.65. The molecule has 2 N–H and O–H groups in total. The zero-order valence-electron chi connectivity index (χ0n) is 26.6. The van der Waals surface area contributed by atoms with Gasteiger partial charge >= 0.3 is 0 Å². The lowest BCUT2D eigenvalue weighted by atomic mass is 9.95. The third-order valence-electron chi connectivity index (χ3n) is 8.72. The van der Waals surface area contributed by atoms with Crippen molar-refractivity contribution < 1.29 is 23.1 Å². The van der Waals surface area contributed by atoms with E-state index in [0.29, 0.717) is 46.7 Å². The maximum atomic E-state index is 13.6. The smallest absolute Gasteiger partial charge is 0.274 e. The van der Waals surface area contributed by atoms with E-state index in [0.717, 1.165) is 16.8 Å². The summed E-state index contributed by atoms with van der Waals surface area (Å²) in [7, 11) is 2.39. The zero-order valence-corrected chi connectivity index (χ0v) is 27.5. The highest BCUT2D eigenvalue weighted by Gasteiger charge is 2.29. The molecule has 1 fully saturated rings. The van der Waals surface area contributed by atoms with Crippen molar-refractivity contribution in [2.45, 2.75) is 13.3 Å². The van der Waals surface area contributed by atoms with Gasteiger partial charge < -0.3 is 29.7 Å². The van der Waals surface area contributed by atoms with E-state index in [1.54, 1.807) is 42.4 Å². The molecule has 2 aromatic heterocycles. The van der Waals surface area contributed by atoms with Crippen molar-refractivity contribution in [2.75, 3.05) is 60.4 Å². The van der Waals surface area contributed by atoms with Gasteiger partial charge in [0, 0.05) is 75.5 Å². The second-order valence-corrected chi connectivity index (χ2v) is 14.4. The molecule has 4 heterocycles. The van der Waals surface area contributed by atoms with E-state index in [-0.39, 0.29) is 53.4 Å². The number of benzene rings is 2. The van der Waals surface area contributed by atoms with Gasteiger partial charge in [-0.05, 0) is 66.9 Å². The second kappa shape index (κ2) is 12.2. The first-order valence-electron chi connectivity index (χ1n) is 15.2. The minimum Gasteiger partial charge on any atom is -0.505 e. The third kappa shape index (κ3) is 6.18. The number of hydrogen-bond donors (Lipinski definition) is 2. The first-order chi connectivity index (χ1) is 22.3. The van der Waals surface area contributed by atoms with Crippen molar-refractivity contribution in [1.29, 1.82) is 0 Å². The average molecular weight is 657 g/mol. The maximum Gasteiger partial charge on any atom is 0.274 e. The predicted octanol–water partition coefficient (Wildman–Crippen LogP) is 3.34. The summed E-state index contributed by atoms with van der Waals surface area (Å²) in [5.41, 5.74) is 4.92. The van der Waals surface area contributed by atoms with Gasteiger partial charge in [-0.15, -0.1) is 0 Å². The second-order valence-electron chi connectivity index (χ2n) is 12.1. The lowest BCUT2D eigenvalue weighted by Crippen LogP contribution is -2.43. The lowest BCUT2D eigenvalue weighted by molar-refractivity contribution is 0.0769. The van der Waals surface area contributed by atoms with Crippen LogP contribution in [0.5, 0.6) is 5.75 Å². The summed E-state index contributed by atoms with van der Waals surface area (Å²) in [6, 6.07) is 14.1. The number of carbonyl (C=O) groups is 2. The number of aromatic hydroxyl groups is 1. The quantitative estimate of drug-likeness (QED) is 0.319. The minimum atomic E-state index is -3.12. The van der Waals surface area contributed by atoms with Gasteiger partial charge in [0.1, 0.15) is 17.3 Å². The van der Waals surface area contributed by atoms with Crippen LogP contribution in [0.15, 0.2) is 65.7 Å². The van der Waals surface area contributed by atoms with Crippen molar-refractivity contribution >= 4 is 44.5 Å². The van der Waals surface area contributed by atoms with Gasteiger partial charge in [0.2, 0.25) is 0 Å². The Labute approximate surface area is 272 Å². The Bertz CT molecular complexity index is 2060. The monoisotopic (exact) mass is 656 g/mol. The van der Waals surface area contributed by atoms with Crippen molar-refractivity contribution in [2.24, 2.45) is 7.05 Å². The van der Waals surface area contributed by atoms with Crippen LogP contribution in [0.25, 0.3) is 11.1 Å². The molecule has 47 heavy (non-hydrogen) atoms.